The molecule has 0 aromatic rings. The number of likely N-dealkylation sites (tertiary alicyclic amines) is 2. The number of nitrogens with one attached hydrogen (secondary N) is 1. The Labute approximate surface area is 144 Å². The largest absolute Gasteiger partial charge is 0.444 e. The van der Waals surface area contributed by atoms with Gasteiger partial charge in [0.05, 0.1) is 5.41 Å². The van der Waals surface area contributed by atoms with Gasteiger partial charge in [-0.3, -0.25) is 4.79 Å². The average molecular weight is 337 g/mol. The standard InChI is InChI=1S/C18H31N3O3/c1-17(2,3)24-16(23)20-10-5-14(6-11-20)21-12-8-18(15(21)22)7-4-9-19-13-18/h14,19H,4-13H2,1-3H3. The summed E-state index contributed by atoms with van der Waals surface area (Å²) in [6.45, 7) is 9.75. The molecule has 24 heavy (non-hydrogen) atoms. The van der Waals surface area contributed by atoms with Crippen LogP contribution in [0.5, 0.6) is 0 Å². The second kappa shape index (κ2) is 6.54. The first-order valence-electron chi connectivity index (χ1n) is 9.30. The third-order valence-corrected chi connectivity index (χ3v) is 5.58. The van der Waals surface area contributed by atoms with E-state index in [0.29, 0.717) is 19.0 Å². The summed E-state index contributed by atoms with van der Waals surface area (Å²) < 4.78 is 5.45. The number of hydrogen-bond acceptors (Lipinski definition) is 4. The molecule has 2 amide bonds. The van der Waals surface area contributed by atoms with Crippen LogP contribution in [0.1, 0.15) is 52.9 Å². The molecule has 3 aliphatic heterocycles. The van der Waals surface area contributed by atoms with Crippen molar-refractivity contribution in [3.8, 4) is 0 Å². The molecule has 1 unspecified atom stereocenters. The number of nitrogens with zero attached hydrogens (tertiary/aromatic N) is 2. The van der Waals surface area contributed by atoms with Crippen LogP contribution in [-0.2, 0) is 9.53 Å². The van der Waals surface area contributed by atoms with E-state index < -0.39 is 5.60 Å². The quantitative estimate of drug-likeness (QED) is 0.795. The van der Waals surface area contributed by atoms with E-state index in [9.17, 15) is 9.59 Å². The first-order chi connectivity index (χ1) is 11.3. The summed E-state index contributed by atoms with van der Waals surface area (Å²) in [5.41, 5.74) is -0.611. The van der Waals surface area contributed by atoms with Crippen LogP contribution in [0.2, 0.25) is 0 Å². The van der Waals surface area contributed by atoms with Crippen LogP contribution in [0, 0.1) is 5.41 Å². The summed E-state index contributed by atoms with van der Waals surface area (Å²) in [5, 5.41) is 3.40. The van der Waals surface area contributed by atoms with Crippen LogP contribution >= 0.6 is 0 Å². The molecule has 6 nitrogen and oxygen atoms in total. The van der Waals surface area contributed by atoms with Gasteiger partial charge in [0.15, 0.2) is 0 Å². The summed E-state index contributed by atoms with van der Waals surface area (Å²) in [5.74, 6) is 0.338. The monoisotopic (exact) mass is 337 g/mol. The molecule has 3 saturated heterocycles. The summed E-state index contributed by atoms with van der Waals surface area (Å²) in [6.07, 6.45) is 4.57. The highest BCUT2D eigenvalue weighted by Crippen LogP contribution is 2.39. The number of carbonyl (C=O) groups is 2. The third kappa shape index (κ3) is 3.53. The lowest BCUT2D eigenvalue weighted by Gasteiger charge is -2.38. The highest BCUT2D eigenvalue weighted by molar-refractivity contribution is 5.85. The van der Waals surface area contributed by atoms with Gasteiger partial charge in [0.25, 0.3) is 0 Å². The van der Waals surface area contributed by atoms with E-state index in [1.54, 1.807) is 4.90 Å². The van der Waals surface area contributed by atoms with Crippen LogP contribution in [0.3, 0.4) is 0 Å². The first-order valence-corrected chi connectivity index (χ1v) is 9.30. The second-order valence-corrected chi connectivity index (χ2v) is 8.51. The number of rotatable bonds is 1. The molecule has 136 valence electrons. The van der Waals surface area contributed by atoms with Crippen molar-refractivity contribution in [2.24, 2.45) is 5.41 Å². The predicted octanol–water partition coefficient (Wildman–Crippen LogP) is 1.99. The van der Waals surface area contributed by atoms with Crippen molar-refractivity contribution in [1.82, 2.24) is 15.1 Å². The normalized spacial score (nSPS) is 29.4. The maximum Gasteiger partial charge on any atom is 0.410 e. The lowest BCUT2D eigenvalue weighted by molar-refractivity contribution is -0.139. The molecule has 0 bridgehead atoms. The zero-order valence-electron chi connectivity index (χ0n) is 15.3. The molecule has 6 heteroatoms. The van der Waals surface area contributed by atoms with Crippen molar-refractivity contribution in [2.75, 3.05) is 32.7 Å². The molecule has 3 heterocycles. The topological polar surface area (TPSA) is 61.9 Å². The molecule has 0 aromatic carbocycles. The van der Waals surface area contributed by atoms with Crippen LogP contribution in [0.4, 0.5) is 4.79 Å². The summed E-state index contributed by atoms with van der Waals surface area (Å²) in [4.78, 5) is 29.0. The van der Waals surface area contributed by atoms with E-state index in [2.05, 4.69) is 10.2 Å². The zero-order chi connectivity index (χ0) is 17.4. The van der Waals surface area contributed by atoms with E-state index in [1.165, 1.54) is 0 Å². The SMILES string of the molecule is CC(C)(C)OC(=O)N1CCC(N2CCC3(CCCNC3)C2=O)CC1. The smallest absolute Gasteiger partial charge is 0.410 e. The molecular formula is C18H31N3O3. The predicted molar refractivity (Wildman–Crippen MR) is 91.7 cm³/mol. The lowest BCUT2D eigenvalue weighted by Crippen LogP contribution is -2.51. The van der Waals surface area contributed by atoms with Crippen molar-refractivity contribution >= 4 is 12.0 Å². The maximum absolute atomic E-state index is 13.0. The van der Waals surface area contributed by atoms with Crippen LogP contribution < -0.4 is 5.32 Å². The number of piperidine rings is 2. The Kier molecular flexibility index (Phi) is 4.78. The Morgan fingerprint density at radius 1 is 1.21 bits per heavy atom. The van der Waals surface area contributed by atoms with E-state index in [0.717, 1.165) is 51.7 Å². The molecule has 0 radical (unpaired) electrons. The number of hydrogen-bond donors (Lipinski definition) is 1. The number of carbonyl (C=O) groups excluding carboxylic acids is 2. The van der Waals surface area contributed by atoms with Gasteiger partial charge < -0.3 is 19.9 Å². The fourth-order valence-corrected chi connectivity index (χ4v) is 4.25. The van der Waals surface area contributed by atoms with Gasteiger partial charge in [0.2, 0.25) is 5.91 Å². The Balaban J connectivity index is 1.54. The summed E-state index contributed by atoms with van der Waals surface area (Å²) in [6, 6.07) is 0.275. The minimum Gasteiger partial charge on any atom is -0.444 e. The number of ether oxygens (including phenoxy) is 1. The van der Waals surface area contributed by atoms with E-state index in [1.807, 2.05) is 20.8 Å². The molecule has 1 spiro atoms. The van der Waals surface area contributed by atoms with Crippen molar-refractivity contribution < 1.29 is 14.3 Å². The molecular weight excluding hydrogens is 306 g/mol. The van der Waals surface area contributed by atoms with Gasteiger partial charge >= 0.3 is 6.09 Å². The average Bonchev–Trinajstić information content (AvgIpc) is 2.83. The van der Waals surface area contributed by atoms with Gasteiger partial charge in [0.1, 0.15) is 5.60 Å². The highest BCUT2D eigenvalue weighted by Gasteiger charge is 2.49. The van der Waals surface area contributed by atoms with Crippen molar-refractivity contribution in [3.05, 3.63) is 0 Å². The molecule has 3 rings (SSSR count). The first kappa shape index (κ1) is 17.5. The van der Waals surface area contributed by atoms with E-state index in [-0.39, 0.29) is 17.6 Å². The Bertz CT molecular complexity index is 486. The van der Waals surface area contributed by atoms with Crippen molar-refractivity contribution in [2.45, 2.75) is 64.5 Å². The zero-order valence-corrected chi connectivity index (χ0v) is 15.3. The maximum atomic E-state index is 13.0. The van der Waals surface area contributed by atoms with Crippen LogP contribution in [0.25, 0.3) is 0 Å². The fourth-order valence-electron chi connectivity index (χ4n) is 4.25. The second-order valence-electron chi connectivity index (χ2n) is 8.51. The fraction of sp³-hybridized carbons (Fsp3) is 0.889. The van der Waals surface area contributed by atoms with Gasteiger partial charge in [0, 0.05) is 32.2 Å². The molecule has 3 aliphatic rings. The lowest BCUT2D eigenvalue weighted by atomic mass is 9.79. The van der Waals surface area contributed by atoms with Crippen LogP contribution in [0.15, 0.2) is 0 Å². The van der Waals surface area contributed by atoms with Crippen molar-refractivity contribution in [1.29, 1.82) is 0 Å². The molecule has 0 aliphatic carbocycles. The summed E-state index contributed by atoms with van der Waals surface area (Å²) >= 11 is 0. The Morgan fingerprint density at radius 2 is 1.92 bits per heavy atom. The van der Waals surface area contributed by atoms with E-state index in [4.69, 9.17) is 4.74 Å². The summed E-state index contributed by atoms with van der Waals surface area (Å²) in [7, 11) is 0. The van der Waals surface area contributed by atoms with Crippen molar-refractivity contribution in [3.63, 3.8) is 0 Å². The molecule has 0 aromatic heterocycles. The minimum atomic E-state index is -0.459. The molecule has 1 N–H and O–H groups in total. The highest BCUT2D eigenvalue weighted by atomic mass is 16.6. The van der Waals surface area contributed by atoms with Crippen LogP contribution in [-0.4, -0.2) is 66.2 Å². The van der Waals surface area contributed by atoms with Gasteiger partial charge in [-0.2, -0.15) is 0 Å². The molecule has 3 fully saturated rings. The molecule has 1 atom stereocenters. The van der Waals surface area contributed by atoms with Gasteiger partial charge in [-0.1, -0.05) is 0 Å². The minimum absolute atomic E-state index is 0.152. The third-order valence-electron chi connectivity index (χ3n) is 5.58. The Morgan fingerprint density at radius 3 is 2.50 bits per heavy atom. The molecule has 0 saturated carbocycles. The van der Waals surface area contributed by atoms with Gasteiger partial charge in [-0.15, -0.1) is 0 Å². The number of amides is 2. The Hall–Kier alpha value is -1.30. The van der Waals surface area contributed by atoms with E-state index >= 15 is 0 Å². The van der Waals surface area contributed by atoms with Gasteiger partial charge in [-0.25, -0.2) is 4.79 Å². The van der Waals surface area contributed by atoms with Gasteiger partial charge in [-0.05, 0) is 59.4 Å².